The molecule has 2 aromatic carbocycles. The molecule has 0 aliphatic carbocycles. The van der Waals surface area contributed by atoms with E-state index in [1.54, 1.807) is 25.7 Å². The Kier molecular flexibility index (Phi) is 13.0. The van der Waals surface area contributed by atoms with Crippen LogP contribution < -0.4 is 5.48 Å². The van der Waals surface area contributed by atoms with Gasteiger partial charge < -0.3 is 14.4 Å². The van der Waals surface area contributed by atoms with Gasteiger partial charge in [-0.3, -0.25) is 19.3 Å². The largest absolute Gasteiger partial charge is 0.459 e. The first-order valence-electron chi connectivity index (χ1n) is 15.0. The van der Waals surface area contributed by atoms with Gasteiger partial charge in [-0.1, -0.05) is 86.8 Å². The first kappa shape index (κ1) is 33.6. The number of esters is 1. The van der Waals surface area contributed by atoms with Crippen molar-refractivity contribution in [2.24, 2.45) is 5.92 Å². The molecule has 234 valence electrons. The maximum atomic E-state index is 13.8. The number of rotatable bonds is 13. The number of carbonyl (C=O) groups is 4. The minimum Gasteiger partial charge on any atom is -0.459 e. The summed E-state index contributed by atoms with van der Waals surface area (Å²) in [4.78, 5) is 61.2. The molecule has 10 heteroatoms. The zero-order chi connectivity index (χ0) is 31.2. The Morgan fingerprint density at radius 1 is 0.907 bits per heavy atom. The van der Waals surface area contributed by atoms with Crippen molar-refractivity contribution in [3.8, 4) is 0 Å². The van der Waals surface area contributed by atoms with Gasteiger partial charge in [0.25, 0.3) is 0 Å². The first-order valence-corrected chi connectivity index (χ1v) is 15.0. The molecule has 0 spiro atoms. The average Bonchev–Trinajstić information content (AvgIpc) is 2.99. The van der Waals surface area contributed by atoms with Crippen LogP contribution in [-0.2, 0) is 41.9 Å². The van der Waals surface area contributed by atoms with Gasteiger partial charge in [0.2, 0.25) is 11.8 Å². The summed E-state index contributed by atoms with van der Waals surface area (Å²) in [7, 11) is 0. The number of ether oxygens (including phenoxy) is 2. The van der Waals surface area contributed by atoms with Crippen LogP contribution in [0.3, 0.4) is 0 Å². The van der Waals surface area contributed by atoms with Crippen LogP contribution in [0.5, 0.6) is 0 Å². The number of amides is 3. The lowest BCUT2D eigenvalue weighted by Gasteiger charge is -2.41. The summed E-state index contributed by atoms with van der Waals surface area (Å²) in [5.41, 5.74) is 3.41. The van der Waals surface area contributed by atoms with Crippen LogP contribution in [0.15, 0.2) is 60.7 Å². The maximum Gasteiger partial charge on any atom is 0.411 e. The summed E-state index contributed by atoms with van der Waals surface area (Å²) in [5.74, 6) is -1.85. The van der Waals surface area contributed by atoms with E-state index in [0.717, 1.165) is 30.4 Å². The first-order chi connectivity index (χ1) is 20.6. The Morgan fingerprint density at radius 3 is 2.14 bits per heavy atom. The number of benzene rings is 2. The van der Waals surface area contributed by atoms with E-state index in [2.05, 4.69) is 12.4 Å². The highest BCUT2D eigenvalue weighted by Gasteiger charge is 2.41. The fourth-order valence-corrected chi connectivity index (χ4v) is 4.80. The molecule has 1 heterocycles. The van der Waals surface area contributed by atoms with Crippen molar-refractivity contribution < 1.29 is 33.5 Å². The lowest BCUT2D eigenvalue weighted by Crippen LogP contribution is -2.61. The second-order valence-corrected chi connectivity index (χ2v) is 11.8. The molecule has 1 aliphatic heterocycles. The van der Waals surface area contributed by atoms with Crippen LogP contribution in [0.25, 0.3) is 0 Å². The topological polar surface area (TPSA) is 114 Å². The molecule has 2 aromatic rings. The monoisotopic (exact) mass is 595 g/mol. The zero-order valence-electron chi connectivity index (χ0n) is 25.8. The molecule has 0 radical (unpaired) electrons. The van der Waals surface area contributed by atoms with Gasteiger partial charge in [0.15, 0.2) is 6.04 Å². The molecule has 0 unspecified atom stereocenters. The third kappa shape index (κ3) is 11.4. The molecular formula is C33H45N3O7. The minimum absolute atomic E-state index is 0.0368. The van der Waals surface area contributed by atoms with E-state index < -0.39 is 35.5 Å². The Hall–Kier alpha value is -3.92. The Balaban J connectivity index is 1.69. The Morgan fingerprint density at radius 2 is 1.53 bits per heavy atom. The van der Waals surface area contributed by atoms with E-state index >= 15 is 0 Å². The average molecular weight is 596 g/mol. The van der Waals surface area contributed by atoms with Crippen LogP contribution in [0, 0.1) is 5.92 Å². The van der Waals surface area contributed by atoms with Crippen LogP contribution in [0.1, 0.15) is 70.9 Å². The summed E-state index contributed by atoms with van der Waals surface area (Å²) in [6.07, 6.45) is 2.51. The van der Waals surface area contributed by atoms with Gasteiger partial charge in [-0.25, -0.2) is 15.1 Å². The highest BCUT2D eigenvalue weighted by Crippen LogP contribution is 2.22. The molecular weight excluding hydrogens is 550 g/mol. The third-order valence-electron chi connectivity index (χ3n) is 7.02. The quantitative estimate of drug-likeness (QED) is 0.197. The molecule has 1 N–H and O–H groups in total. The molecule has 2 atom stereocenters. The van der Waals surface area contributed by atoms with E-state index in [9.17, 15) is 19.2 Å². The molecule has 0 saturated carbocycles. The predicted octanol–water partition coefficient (Wildman–Crippen LogP) is 5.01. The number of hydroxylamine groups is 1. The predicted molar refractivity (Wildman–Crippen MR) is 161 cm³/mol. The lowest BCUT2D eigenvalue weighted by atomic mass is 9.95. The summed E-state index contributed by atoms with van der Waals surface area (Å²) >= 11 is 0. The van der Waals surface area contributed by atoms with Crippen molar-refractivity contribution in [1.82, 2.24) is 15.3 Å². The normalized spacial score (nSPS) is 15.9. The van der Waals surface area contributed by atoms with Crippen molar-refractivity contribution >= 4 is 23.9 Å². The van der Waals surface area contributed by atoms with Gasteiger partial charge in [-0.15, -0.1) is 0 Å². The van der Waals surface area contributed by atoms with Crippen molar-refractivity contribution in [2.45, 2.75) is 84.7 Å². The van der Waals surface area contributed by atoms with Crippen LogP contribution in [-0.4, -0.2) is 65.0 Å². The molecule has 10 nitrogen and oxygen atoms in total. The van der Waals surface area contributed by atoms with E-state index in [1.165, 1.54) is 4.90 Å². The van der Waals surface area contributed by atoms with Crippen LogP contribution in [0.2, 0.25) is 0 Å². The number of hydrogen-bond acceptors (Lipinski definition) is 7. The molecule has 3 rings (SSSR count). The number of carbonyl (C=O) groups excluding carboxylic acids is 4. The molecule has 0 aromatic heterocycles. The fourth-order valence-electron chi connectivity index (χ4n) is 4.80. The van der Waals surface area contributed by atoms with Crippen molar-refractivity contribution in [1.29, 1.82) is 0 Å². The van der Waals surface area contributed by atoms with E-state index in [1.807, 2.05) is 60.7 Å². The number of unbranched alkanes of at least 4 members (excludes halogenated alkanes) is 2. The number of nitrogens with zero attached hydrogens (tertiary/aromatic N) is 2. The fraction of sp³-hybridized carbons (Fsp3) is 0.515. The molecule has 3 amide bonds. The minimum atomic E-state index is -1.05. The number of hydrogen-bond donors (Lipinski definition) is 1. The zero-order valence-corrected chi connectivity index (χ0v) is 25.8. The highest BCUT2D eigenvalue weighted by molar-refractivity contribution is 5.87. The Labute approximate surface area is 254 Å². The SMILES string of the molecule is CCCCC[C@H](CC(=O)NOCc1ccccc1)C(=O)N1CCN(C(=O)OC(C)(C)C)[C@@H](C(=O)OCc2ccccc2)C1. The molecule has 43 heavy (non-hydrogen) atoms. The maximum absolute atomic E-state index is 13.8. The van der Waals surface area contributed by atoms with Gasteiger partial charge >= 0.3 is 12.1 Å². The summed E-state index contributed by atoms with van der Waals surface area (Å²) < 4.78 is 11.1. The number of piperazine rings is 1. The van der Waals surface area contributed by atoms with E-state index in [4.69, 9.17) is 14.3 Å². The number of nitrogens with one attached hydrogen (secondary N) is 1. The summed E-state index contributed by atoms with van der Waals surface area (Å²) in [6, 6.07) is 17.6. The molecule has 1 fully saturated rings. The van der Waals surface area contributed by atoms with Crippen molar-refractivity contribution in [3.63, 3.8) is 0 Å². The van der Waals surface area contributed by atoms with Gasteiger partial charge in [0.1, 0.15) is 12.2 Å². The second kappa shape index (κ2) is 16.6. The summed E-state index contributed by atoms with van der Waals surface area (Å²) in [6.45, 7) is 7.83. The standard InChI is InChI=1S/C33H45N3O7/c1-5-6-9-18-27(21-29(37)34-42-24-26-16-12-8-13-17-26)30(38)35-19-20-36(32(40)43-33(2,3)4)28(22-35)31(39)41-23-25-14-10-7-11-15-25/h7-8,10-17,27-28H,5-6,9,18-24H2,1-4H3,(H,34,37)/t27-,28-/m1/s1. The van der Waals surface area contributed by atoms with E-state index in [0.29, 0.717) is 6.42 Å². The van der Waals surface area contributed by atoms with E-state index in [-0.39, 0.29) is 45.2 Å². The van der Waals surface area contributed by atoms with Crippen molar-refractivity contribution in [3.05, 3.63) is 71.8 Å². The molecule has 0 bridgehead atoms. The van der Waals surface area contributed by atoms with Crippen molar-refractivity contribution in [2.75, 3.05) is 19.6 Å². The smallest absolute Gasteiger partial charge is 0.411 e. The Bertz CT molecular complexity index is 1180. The lowest BCUT2D eigenvalue weighted by molar-refractivity contribution is -0.156. The van der Waals surface area contributed by atoms with Crippen LogP contribution >= 0.6 is 0 Å². The second-order valence-electron chi connectivity index (χ2n) is 11.8. The van der Waals surface area contributed by atoms with Crippen LogP contribution in [0.4, 0.5) is 4.79 Å². The third-order valence-corrected chi connectivity index (χ3v) is 7.02. The van der Waals surface area contributed by atoms with Gasteiger partial charge in [0, 0.05) is 25.4 Å². The van der Waals surface area contributed by atoms with Gasteiger partial charge in [-0.2, -0.15) is 0 Å². The molecule has 1 saturated heterocycles. The molecule has 1 aliphatic rings. The van der Waals surface area contributed by atoms with Gasteiger partial charge in [0.05, 0.1) is 13.2 Å². The van der Waals surface area contributed by atoms with Gasteiger partial charge in [-0.05, 0) is 38.3 Å². The highest BCUT2D eigenvalue weighted by atomic mass is 16.6. The summed E-state index contributed by atoms with van der Waals surface area (Å²) in [5, 5.41) is 0.